The molecular formula is C14H13F3N6O2S2. The Morgan fingerprint density at radius 3 is 2.52 bits per heavy atom. The minimum absolute atomic E-state index is 0.212. The molecule has 13 heteroatoms. The first-order valence-corrected chi connectivity index (χ1v) is 10.1. The lowest BCUT2D eigenvalue weighted by molar-refractivity contribution is -0.137. The standard InChI is InChI=1S/C14H13F3N6O2S2/c15-14(16,17)9-1-2-11-10(7-9)20-13(26-11)22-3-5-23(6-4-22)27(24,25)12-18-8-19-21-12/h1-2,7-8H,3-6H2,(H,18,19,21). The molecule has 0 radical (unpaired) electrons. The van der Waals surface area contributed by atoms with Crippen molar-refractivity contribution in [3.8, 4) is 0 Å². The van der Waals surface area contributed by atoms with Gasteiger partial charge >= 0.3 is 6.18 Å². The zero-order valence-electron chi connectivity index (χ0n) is 13.6. The number of H-pyrrole nitrogens is 1. The molecule has 0 aliphatic carbocycles. The third kappa shape index (κ3) is 3.37. The molecule has 1 saturated heterocycles. The Morgan fingerprint density at radius 1 is 1.15 bits per heavy atom. The van der Waals surface area contributed by atoms with Crippen molar-refractivity contribution in [2.45, 2.75) is 11.3 Å². The number of halogens is 3. The number of piperazine rings is 1. The van der Waals surface area contributed by atoms with Crippen molar-refractivity contribution in [2.75, 3.05) is 31.1 Å². The summed E-state index contributed by atoms with van der Waals surface area (Å²) in [5.41, 5.74) is -0.462. The number of anilines is 1. The van der Waals surface area contributed by atoms with E-state index in [1.807, 2.05) is 4.90 Å². The van der Waals surface area contributed by atoms with Crippen molar-refractivity contribution in [1.29, 1.82) is 0 Å². The van der Waals surface area contributed by atoms with Gasteiger partial charge in [-0.3, -0.25) is 0 Å². The summed E-state index contributed by atoms with van der Waals surface area (Å²) in [5.74, 6) is 0. The fourth-order valence-corrected chi connectivity index (χ4v) is 5.02. The van der Waals surface area contributed by atoms with E-state index < -0.39 is 21.8 Å². The molecule has 0 unspecified atom stereocenters. The number of nitrogens with one attached hydrogen (secondary N) is 1. The lowest BCUT2D eigenvalue weighted by Crippen LogP contribution is -2.48. The third-order valence-corrected chi connectivity index (χ3v) is 7.02. The fourth-order valence-electron chi connectivity index (χ4n) is 2.79. The quantitative estimate of drug-likeness (QED) is 0.699. The number of aromatic amines is 1. The number of fused-ring (bicyclic) bond motifs is 1. The van der Waals surface area contributed by atoms with Crippen LogP contribution >= 0.6 is 11.3 Å². The van der Waals surface area contributed by atoms with Gasteiger partial charge in [0.25, 0.3) is 15.2 Å². The average Bonchev–Trinajstić information content (AvgIpc) is 3.30. The third-order valence-electron chi connectivity index (χ3n) is 4.19. The summed E-state index contributed by atoms with van der Waals surface area (Å²) in [5, 5.41) is 6.26. The number of alkyl halides is 3. The maximum atomic E-state index is 12.8. The highest BCUT2D eigenvalue weighted by molar-refractivity contribution is 7.88. The van der Waals surface area contributed by atoms with Gasteiger partial charge in [0.15, 0.2) is 5.13 Å². The number of rotatable bonds is 3. The SMILES string of the molecule is O=S(=O)(c1ncn[nH]1)N1CCN(c2nc3cc(C(F)(F)F)ccc3s2)CC1. The molecule has 1 aliphatic rings. The van der Waals surface area contributed by atoms with E-state index in [4.69, 9.17) is 0 Å². The Hall–Kier alpha value is -2.25. The summed E-state index contributed by atoms with van der Waals surface area (Å²) in [6.07, 6.45) is -3.29. The highest BCUT2D eigenvalue weighted by Gasteiger charge is 2.33. The zero-order chi connectivity index (χ0) is 19.2. The number of hydrogen-bond acceptors (Lipinski definition) is 7. The van der Waals surface area contributed by atoms with Crippen LogP contribution in [-0.4, -0.2) is 59.1 Å². The molecule has 3 heterocycles. The Kier molecular flexibility index (Phi) is 4.31. The Balaban J connectivity index is 1.51. The molecule has 4 rings (SSSR count). The van der Waals surface area contributed by atoms with E-state index in [2.05, 4.69) is 20.2 Å². The predicted octanol–water partition coefficient (Wildman–Crippen LogP) is 1.94. The minimum Gasteiger partial charge on any atom is -0.345 e. The number of hydrogen-bond donors (Lipinski definition) is 1. The van der Waals surface area contributed by atoms with Gasteiger partial charge in [0, 0.05) is 26.2 Å². The largest absolute Gasteiger partial charge is 0.416 e. The molecule has 1 aliphatic heterocycles. The highest BCUT2D eigenvalue weighted by Crippen LogP contribution is 2.35. The van der Waals surface area contributed by atoms with Gasteiger partial charge in [-0.15, -0.1) is 0 Å². The molecule has 0 spiro atoms. The molecule has 1 N–H and O–H groups in total. The molecule has 1 fully saturated rings. The van der Waals surface area contributed by atoms with E-state index in [1.54, 1.807) is 0 Å². The molecule has 8 nitrogen and oxygen atoms in total. The van der Waals surface area contributed by atoms with E-state index in [-0.39, 0.29) is 23.8 Å². The Labute approximate surface area is 155 Å². The van der Waals surface area contributed by atoms with E-state index in [0.717, 1.165) is 18.5 Å². The zero-order valence-corrected chi connectivity index (χ0v) is 15.3. The van der Waals surface area contributed by atoms with Gasteiger partial charge in [-0.25, -0.2) is 23.5 Å². The number of aromatic nitrogens is 4. The van der Waals surface area contributed by atoms with Crippen molar-refractivity contribution in [1.82, 2.24) is 24.5 Å². The molecule has 2 aromatic heterocycles. The van der Waals surface area contributed by atoms with Gasteiger partial charge in [-0.2, -0.15) is 22.6 Å². The molecule has 0 atom stereocenters. The van der Waals surface area contributed by atoms with Gasteiger partial charge in [-0.05, 0) is 18.2 Å². The van der Waals surface area contributed by atoms with Crippen LogP contribution in [0.2, 0.25) is 0 Å². The fraction of sp³-hybridized carbons (Fsp3) is 0.357. The smallest absolute Gasteiger partial charge is 0.345 e. The van der Waals surface area contributed by atoms with Gasteiger partial charge in [0.05, 0.1) is 15.8 Å². The number of nitrogens with zero attached hydrogens (tertiary/aromatic N) is 5. The lowest BCUT2D eigenvalue weighted by atomic mass is 10.2. The normalized spacial score (nSPS) is 16.9. The van der Waals surface area contributed by atoms with E-state index in [0.29, 0.717) is 22.9 Å². The van der Waals surface area contributed by atoms with Crippen LogP contribution in [0.5, 0.6) is 0 Å². The number of sulfonamides is 1. The molecule has 0 bridgehead atoms. The topological polar surface area (TPSA) is 95.1 Å². The summed E-state index contributed by atoms with van der Waals surface area (Å²) < 4.78 is 65.3. The van der Waals surface area contributed by atoms with Crippen LogP contribution in [0.4, 0.5) is 18.3 Å². The predicted molar refractivity (Wildman–Crippen MR) is 92.0 cm³/mol. The van der Waals surface area contributed by atoms with Crippen LogP contribution in [-0.2, 0) is 16.2 Å². The molecular weight excluding hydrogens is 405 g/mol. The summed E-state index contributed by atoms with van der Waals surface area (Å²) in [6.45, 7) is 1.18. The lowest BCUT2D eigenvalue weighted by Gasteiger charge is -2.33. The first kappa shape index (κ1) is 18.1. The first-order valence-electron chi connectivity index (χ1n) is 7.83. The maximum Gasteiger partial charge on any atom is 0.416 e. The van der Waals surface area contributed by atoms with Gasteiger partial charge in [0.1, 0.15) is 6.33 Å². The second kappa shape index (κ2) is 6.42. The van der Waals surface area contributed by atoms with Crippen LogP contribution < -0.4 is 4.90 Å². The second-order valence-corrected chi connectivity index (χ2v) is 8.72. The molecule has 0 amide bonds. The van der Waals surface area contributed by atoms with Crippen LogP contribution in [0.1, 0.15) is 5.56 Å². The van der Waals surface area contributed by atoms with Crippen molar-refractivity contribution in [3.05, 3.63) is 30.1 Å². The molecule has 0 saturated carbocycles. The van der Waals surface area contributed by atoms with Gasteiger partial charge in [0.2, 0.25) is 0 Å². The van der Waals surface area contributed by atoms with Crippen LogP contribution in [0.15, 0.2) is 29.7 Å². The van der Waals surface area contributed by atoms with Crippen LogP contribution in [0.3, 0.4) is 0 Å². The van der Waals surface area contributed by atoms with Crippen molar-refractivity contribution in [2.24, 2.45) is 0 Å². The molecule has 1 aromatic carbocycles. The van der Waals surface area contributed by atoms with Crippen molar-refractivity contribution in [3.63, 3.8) is 0 Å². The molecule has 144 valence electrons. The van der Waals surface area contributed by atoms with Gasteiger partial charge in [-0.1, -0.05) is 11.3 Å². The van der Waals surface area contributed by atoms with E-state index >= 15 is 0 Å². The Bertz CT molecular complexity index is 1060. The highest BCUT2D eigenvalue weighted by atomic mass is 32.2. The van der Waals surface area contributed by atoms with E-state index in [9.17, 15) is 21.6 Å². The van der Waals surface area contributed by atoms with E-state index in [1.165, 1.54) is 21.7 Å². The second-order valence-electron chi connectivity index (χ2n) is 5.86. The number of benzene rings is 1. The van der Waals surface area contributed by atoms with Crippen molar-refractivity contribution < 1.29 is 21.6 Å². The molecule has 3 aromatic rings. The molecule has 27 heavy (non-hydrogen) atoms. The Morgan fingerprint density at radius 2 is 1.89 bits per heavy atom. The summed E-state index contributed by atoms with van der Waals surface area (Å²) in [6, 6.07) is 3.47. The van der Waals surface area contributed by atoms with Crippen LogP contribution in [0.25, 0.3) is 10.2 Å². The van der Waals surface area contributed by atoms with Crippen LogP contribution in [0, 0.1) is 0 Å². The van der Waals surface area contributed by atoms with Gasteiger partial charge < -0.3 is 4.90 Å². The first-order chi connectivity index (χ1) is 12.7. The summed E-state index contributed by atoms with van der Waals surface area (Å²) >= 11 is 1.28. The monoisotopic (exact) mass is 418 g/mol. The van der Waals surface area contributed by atoms with Crippen molar-refractivity contribution >= 4 is 36.7 Å². The summed E-state index contributed by atoms with van der Waals surface area (Å²) in [7, 11) is -3.74. The summed E-state index contributed by atoms with van der Waals surface area (Å²) in [4.78, 5) is 9.85. The maximum absolute atomic E-state index is 12.8. The average molecular weight is 418 g/mol. The minimum atomic E-state index is -4.42. The number of thiazole rings is 1.